The van der Waals surface area contributed by atoms with Crippen LogP contribution in [0.25, 0.3) is 33.1 Å². The largest absolute Gasteiger partial charge is 0.378 e. The van der Waals surface area contributed by atoms with Crippen LogP contribution >= 0.6 is 33.9 Å². The summed E-state index contributed by atoms with van der Waals surface area (Å²) in [6.07, 6.45) is 4.23. The third-order valence-electron chi connectivity index (χ3n) is 4.13. The van der Waals surface area contributed by atoms with E-state index in [1.807, 2.05) is 4.93 Å². The molecular weight excluding hydrogens is 451 g/mol. The van der Waals surface area contributed by atoms with Crippen molar-refractivity contribution in [2.24, 2.45) is 0 Å². The van der Waals surface area contributed by atoms with Gasteiger partial charge in [0.05, 0.1) is 10.2 Å². The number of rotatable bonds is 3. The molecule has 0 bridgehead atoms. The molecule has 0 spiro atoms. The number of thiazole rings is 1. The SMILES string of the molecule is CI.CN(C)c1ccc(/C=C/c2nc3c(ccc4ccccc43)s2)cc1. The van der Waals surface area contributed by atoms with E-state index in [0.29, 0.717) is 0 Å². The predicted octanol–water partition coefficient (Wildman–Crippen LogP) is 6.74. The Labute approximate surface area is 172 Å². The van der Waals surface area contributed by atoms with Crippen molar-refractivity contribution in [2.75, 3.05) is 23.9 Å². The highest BCUT2D eigenvalue weighted by Gasteiger charge is 2.05. The molecule has 0 radical (unpaired) electrons. The summed E-state index contributed by atoms with van der Waals surface area (Å²) in [5.74, 6) is 0. The van der Waals surface area contributed by atoms with Gasteiger partial charge in [0.2, 0.25) is 0 Å². The lowest BCUT2D eigenvalue weighted by molar-refractivity contribution is 1.13. The third-order valence-corrected chi connectivity index (χ3v) is 5.11. The van der Waals surface area contributed by atoms with Crippen molar-refractivity contribution >= 4 is 72.8 Å². The fourth-order valence-corrected chi connectivity index (χ4v) is 3.69. The van der Waals surface area contributed by atoms with Crippen molar-refractivity contribution in [3.63, 3.8) is 0 Å². The fraction of sp³-hybridized carbons (Fsp3) is 0.136. The first-order chi connectivity index (χ1) is 12.7. The highest BCUT2D eigenvalue weighted by molar-refractivity contribution is 14.1. The van der Waals surface area contributed by atoms with Gasteiger partial charge in [0, 0.05) is 25.2 Å². The molecule has 26 heavy (non-hydrogen) atoms. The van der Waals surface area contributed by atoms with Gasteiger partial charge in [0.1, 0.15) is 5.01 Å². The lowest BCUT2D eigenvalue weighted by atomic mass is 10.1. The summed E-state index contributed by atoms with van der Waals surface area (Å²) in [6.45, 7) is 0. The Morgan fingerprint density at radius 3 is 2.35 bits per heavy atom. The van der Waals surface area contributed by atoms with E-state index in [1.54, 1.807) is 11.3 Å². The lowest BCUT2D eigenvalue weighted by Gasteiger charge is -2.11. The number of benzene rings is 3. The molecule has 0 amide bonds. The summed E-state index contributed by atoms with van der Waals surface area (Å²) in [4.78, 5) is 8.90. The van der Waals surface area contributed by atoms with Crippen LogP contribution in [-0.2, 0) is 0 Å². The van der Waals surface area contributed by atoms with Gasteiger partial charge in [0.15, 0.2) is 0 Å². The normalized spacial score (nSPS) is 10.9. The molecule has 0 unspecified atom stereocenters. The first kappa shape index (κ1) is 18.9. The minimum Gasteiger partial charge on any atom is -0.378 e. The summed E-state index contributed by atoms with van der Waals surface area (Å²) >= 11 is 3.88. The first-order valence-electron chi connectivity index (χ1n) is 8.32. The summed E-state index contributed by atoms with van der Waals surface area (Å²) in [5.41, 5.74) is 3.49. The van der Waals surface area contributed by atoms with Crippen molar-refractivity contribution in [3.05, 3.63) is 71.2 Å². The van der Waals surface area contributed by atoms with Gasteiger partial charge in [-0.1, -0.05) is 71.1 Å². The van der Waals surface area contributed by atoms with E-state index >= 15 is 0 Å². The Balaban J connectivity index is 0.000000948. The van der Waals surface area contributed by atoms with Gasteiger partial charge in [-0.15, -0.1) is 11.3 Å². The first-order valence-corrected chi connectivity index (χ1v) is 11.3. The van der Waals surface area contributed by atoms with Crippen LogP contribution < -0.4 is 4.90 Å². The summed E-state index contributed by atoms with van der Waals surface area (Å²) in [7, 11) is 4.10. The molecule has 0 aliphatic carbocycles. The molecule has 0 N–H and O–H groups in total. The van der Waals surface area contributed by atoms with Crippen LogP contribution in [0.4, 0.5) is 5.69 Å². The second-order valence-electron chi connectivity index (χ2n) is 6.00. The van der Waals surface area contributed by atoms with Crippen molar-refractivity contribution in [2.45, 2.75) is 0 Å². The van der Waals surface area contributed by atoms with Crippen LogP contribution in [0.3, 0.4) is 0 Å². The van der Waals surface area contributed by atoms with Gasteiger partial charge < -0.3 is 4.90 Å². The van der Waals surface area contributed by atoms with E-state index in [4.69, 9.17) is 4.98 Å². The molecule has 0 fully saturated rings. The minimum absolute atomic E-state index is 1.04. The Bertz CT molecular complexity index is 1030. The second kappa shape index (κ2) is 8.64. The van der Waals surface area contributed by atoms with E-state index < -0.39 is 0 Å². The number of halogens is 1. The molecule has 4 rings (SSSR count). The number of alkyl halides is 1. The number of nitrogens with zero attached hydrogens (tertiary/aromatic N) is 2. The molecule has 4 aromatic rings. The van der Waals surface area contributed by atoms with E-state index in [0.717, 1.165) is 10.5 Å². The fourth-order valence-electron chi connectivity index (χ4n) is 2.80. The standard InChI is InChI=1S/C21H18N2S.CH3I/c1-23(2)17-11-7-15(8-12-17)9-14-20-22-21-18-6-4-3-5-16(18)10-13-19(21)24-20;1-2/h3-14H,1-2H3;1H3/b14-9+;. The van der Waals surface area contributed by atoms with Gasteiger partial charge in [-0.05, 0) is 40.2 Å². The van der Waals surface area contributed by atoms with Crippen LogP contribution in [0.5, 0.6) is 0 Å². The molecular formula is C22H21IN2S. The van der Waals surface area contributed by atoms with Gasteiger partial charge in [-0.2, -0.15) is 0 Å². The Morgan fingerprint density at radius 2 is 1.62 bits per heavy atom. The van der Waals surface area contributed by atoms with Crippen molar-refractivity contribution in [3.8, 4) is 0 Å². The van der Waals surface area contributed by atoms with Gasteiger partial charge in [0.25, 0.3) is 0 Å². The zero-order chi connectivity index (χ0) is 18.5. The highest BCUT2D eigenvalue weighted by Crippen LogP contribution is 2.30. The lowest BCUT2D eigenvalue weighted by Crippen LogP contribution is -2.07. The van der Waals surface area contributed by atoms with Crippen LogP contribution in [0.1, 0.15) is 10.6 Å². The number of anilines is 1. The predicted molar refractivity (Wildman–Crippen MR) is 127 cm³/mol. The molecule has 0 aliphatic rings. The topological polar surface area (TPSA) is 16.1 Å². The van der Waals surface area contributed by atoms with Crippen molar-refractivity contribution in [1.29, 1.82) is 0 Å². The maximum Gasteiger partial charge on any atom is 0.117 e. The smallest absolute Gasteiger partial charge is 0.117 e. The number of fused-ring (bicyclic) bond motifs is 3. The summed E-state index contributed by atoms with van der Waals surface area (Å²) in [5, 5.41) is 3.50. The molecule has 2 nitrogen and oxygen atoms in total. The van der Waals surface area contributed by atoms with E-state index in [2.05, 4.69) is 114 Å². The van der Waals surface area contributed by atoms with Gasteiger partial charge >= 0.3 is 0 Å². The Morgan fingerprint density at radius 1 is 0.885 bits per heavy atom. The molecule has 0 atom stereocenters. The van der Waals surface area contributed by atoms with Crippen molar-refractivity contribution in [1.82, 2.24) is 4.98 Å². The van der Waals surface area contributed by atoms with E-state index in [-0.39, 0.29) is 0 Å². The maximum atomic E-state index is 4.83. The summed E-state index contributed by atoms with van der Waals surface area (Å²) in [6, 6.07) is 21.3. The molecule has 1 aromatic heterocycles. The molecule has 3 aromatic carbocycles. The molecule has 132 valence electrons. The minimum atomic E-state index is 1.04. The number of hydrogen-bond donors (Lipinski definition) is 0. The summed E-state index contributed by atoms with van der Waals surface area (Å²) < 4.78 is 1.23. The van der Waals surface area contributed by atoms with Crippen LogP contribution in [0.15, 0.2) is 60.7 Å². The third kappa shape index (κ3) is 4.07. The van der Waals surface area contributed by atoms with E-state index in [1.165, 1.54) is 26.7 Å². The zero-order valence-electron chi connectivity index (χ0n) is 15.1. The van der Waals surface area contributed by atoms with Crippen LogP contribution in [0, 0.1) is 0 Å². The molecule has 0 aliphatic heterocycles. The zero-order valence-corrected chi connectivity index (χ0v) is 18.1. The monoisotopic (exact) mass is 472 g/mol. The van der Waals surface area contributed by atoms with E-state index in [9.17, 15) is 0 Å². The Hall–Kier alpha value is -1.92. The average molecular weight is 472 g/mol. The van der Waals surface area contributed by atoms with Crippen LogP contribution in [-0.4, -0.2) is 24.0 Å². The second-order valence-corrected chi connectivity index (χ2v) is 7.07. The maximum absolute atomic E-state index is 4.83. The number of hydrogen-bond acceptors (Lipinski definition) is 3. The quantitative estimate of drug-likeness (QED) is 0.243. The van der Waals surface area contributed by atoms with Crippen LogP contribution in [0.2, 0.25) is 0 Å². The van der Waals surface area contributed by atoms with Gasteiger partial charge in [-0.3, -0.25) is 0 Å². The molecule has 4 heteroatoms. The Kier molecular flexibility index (Phi) is 6.27. The highest BCUT2D eigenvalue weighted by atomic mass is 127. The number of aromatic nitrogens is 1. The molecule has 1 heterocycles. The average Bonchev–Trinajstić information content (AvgIpc) is 3.12. The van der Waals surface area contributed by atoms with Gasteiger partial charge in [-0.25, -0.2) is 4.98 Å². The molecule has 0 saturated carbocycles. The molecule has 0 saturated heterocycles. The van der Waals surface area contributed by atoms with Crippen molar-refractivity contribution < 1.29 is 0 Å².